The van der Waals surface area contributed by atoms with Crippen LogP contribution in [0.25, 0.3) is 22.2 Å². The first-order valence-electron chi connectivity index (χ1n) is 11.9. The molecule has 0 spiro atoms. The van der Waals surface area contributed by atoms with Crippen LogP contribution >= 0.6 is 0 Å². The van der Waals surface area contributed by atoms with E-state index < -0.39 is 34.9 Å². The van der Waals surface area contributed by atoms with Gasteiger partial charge in [-0.3, -0.25) is 9.48 Å². The molecule has 0 N–H and O–H groups in total. The SMILES string of the molecule is CN1CCN(C(=O)c2ccc(-c3ccc4[n+](n3)C(C(F)(F)c3cc5cn(C)nc5cc3F)=N4)cc2F)CC1. The van der Waals surface area contributed by atoms with E-state index in [2.05, 4.69) is 20.1 Å². The van der Waals surface area contributed by atoms with Crippen LogP contribution in [-0.4, -0.2) is 69.6 Å². The van der Waals surface area contributed by atoms with Gasteiger partial charge in [0, 0.05) is 62.5 Å². The van der Waals surface area contributed by atoms with Gasteiger partial charge in [0.15, 0.2) is 0 Å². The number of benzene rings is 2. The second-order valence-electron chi connectivity index (χ2n) is 9.48. The number of amides is 1. The molecule has 2 aliphatic rings. The molecular formula is C26H22F4N7O+. The fourth-order valence-electron chi connectivity index (χ4n) is 4.68. The van der Waals surface area contributed by atoms with E-state index in [-0.39, 0.29) is 22.6 Å². The third-order valence-corrected chi connectivity index (χ3v) is 6.85. The average molecular weight is 525 g/mol. The van der Waals surface area contributed by atoms with Gasteiger partial charge in [0.25, 0.3) is 11.7 Å². The van der Waals surface area contributed by atoms with Crippen LogP contribution in [-0.2, 0) is 13.0 Å². The summed E-state index contributed by atoms with van der Waals surface area (Å²) in [5, 5.41) is 8.61. The van der Waals surface area contributed by atoms with E-state index >= 15 is 8.78 Å². The fraction of sp³-hybridized carbons (Fsp3) is 0.269. The standard InChI is InChI=1S/C26H22F4N7O/c1-34-7-9-36(10-8-34)24(38)17-4-3-15(12-19(17)27)21-5-6-23-31-25(37(23)33-21)26(29,30)18-11-16-14-35(2)32-22(16)13-20(18)28/h3-6,11-14H,7-10H2,1-2H3/q+1. The molecule has 2 aromatic carbocycles. The Bertz CT molecular complexity index is 1640. The summed E-state index contributed by atoms with van der Waals surface area (Å²) < 4.78 is 62.9. The van der Waals surface area contributed by atoms with Crippen molar-refractivity contribution in [2.24, 2.45) is 12.0 Å². The van der Waals surface area contributed by atoms with Crippen LogP contribution < -0.4 is 4.68 Å². The molecule has 1 amide bonds. The molecule has 4 heterocycles. The fourth-order valence-corrected chi connectivity index (χ4v) is 4.68. The number of aromatic nitrogens is 4. The quantitative estimate of drug-likeness (QED) is 0.304. The van der Waals surface area contributed by atoms with E-state index in [1.54, 1.807) is 11.9 Å². The summed E-state index contributed by atoms with van der Waals surface area (Å²) in [6.07, 6.45) is 1.51. The first kappa shape index (κ1) is 24.2. The Balaban J connectivity index is 1.28. The monoisotopic (exact) mass is 524 g/mol. The number of carbonyl (C=O) groups is 1. The van der Waals surface area contributed by atoms with E-state index in [1.807, 2.05) is 7.05 Å². The summed E-state index contributed by atoms with van der Waals surface area (Å²) >= 11 is 0. The number of aliphatic imine (C=N–C) groups is 1. The van der Waals surface area contributed by atoms with Crippen LogP contribution in [0.3, 0.4) is 0 Å². The van der Waals surface area contributed by atoms with Gasteiger partial charge in [0.1, 0.15) is 17.3 Å². The molecule has 0 bridgehead atoms. The molecule has 0 unspecified atom stereocenters. The molecule has 1 saturated heterocycles. The highest BCUT2D eigenvalue weighted by atomic mass is 19.3. The largest absolute Gasteiger partial charge is 0.364 e. The number of hydrogen-bond acceptors (Lipinski definition) is 5. The molecule has 2 aromatic heterocycles. The number of aryl methyl sites for hydroxylation is 1. The van der Waals surface area contributed by atoms with Crippen LogP contribution in [0.2, 0.25) is 0 Å². The molecule has 194 valence electrons. The van der Waals surface area contributed by atoms with Gasteiger partial charge < -0.3 is 9.80 Å². The van der Waals surface area contributed by atoms with Crippen molar-refractivity contribution in [3.8, 4) is 11.3 Å². The molecule has 0 saturated carbocycles. The smallest absolute Gasteiger partial charge is 0.336 e. The molecule has 0 aliphatic carbocycles. The molecule has 12 heteroatoms. The minimum absolute atomic E-state index is 0.0649. The van der Waals surface area contributed by atoms with Crippen molar-refractivity contribution in [1.29, 1.82) is 0 Å². The second-order valence-corrected chi connectivity index (χ2v) is 9.48. The Labute approximate surface area is 214 Å². The molecule has 4 aromatic rings. The lowest BCUT2D eigenvalue weighted by atomic mass is 10.0. The number of piperazine rings is 1. The van der Waals surface area contributed by atoms with Gasteiger partial charge in [0.2, 0.25) is 0 Å². The van der Waals surface area contributed by atoms with E-state index in [0.717, 1.165) is 22.9 Å². The first-order valence-corrected chi connectivity index (χ1v) is 11.9. The van der Waals surface area contributed by atoms with E-state index in [4.69, 9.17) is 0 Å². The van der Waals surface area contributed by atoms with E-state index in [9.17, 15) is 13.6 Å². The Morgan fingerprint density at radius 3 is 2.47 bits per heavy atom. The maximum atomic E-state index is 15.5. The van der Waals surface area contributed by atoms with Gasteiger partial charge in [-0.2, -0.15) is 13.9 Å². The highest BCUT2D eigenvalue weighted by Gasteiger charge is 2.52. The van der Waals surface area contributed by atoms with Crippen molar-refractivity contribution in [1.82, 2.24) is 24.7 Å². The lowest BCUT2D eigenvalue weighted by Gasteiger charge is -2.32. The second kappa shape index (κ2) is 8.69. The number of rotatable bonds is 4. The predicted molar refractivity (Wildman–Crippen MR) is 130 cm³/mol. The summed E-state index contributed by atoms with van der Waals surface area (Å²) in [5.74, 6) is -6.64. The number of halogens is 4. The molecule has 8 nitrogen and oxygen atoms in total. The number of fused-ring (bicyclic) bond motifs is 2. The molecule has 0 radical (unpaired) electrons. The zero-order valence-electron chi connectivity index (χ0n) is 20.5. The molecule has 0 atom stereocenters. The van der Waals surface area contributed by atoms with E-state index in [1.165, 1.54) is 35.1 Å². The Morgan fingerprint density at radius 2 is 1.74 bits per heavy atom. The number of hydrogen-bond donors (Lipinski definition) is 0. The minimum Gasteiger partial charge on any atom is -0.336 e. The van der Waals surface area contributed by atoms with Crippen LogP contribution in [0.15, 0.2) is 53.7 Å². The van der Waals surface area contributed by atoms with Gasteiger partial charge in [-0.1, -0.05) is 15.7 Å². The molecule has 6 rings (SSSR count). The van der Waals surface area contributed by atoms with Crippen molar-refractivity contribution < 1.29 is 27.0 Å². The van der Waals surface area contributed by atoms with Crippen molar-refractivity contribution >= 4 is 28.5 Å². The van der Waals surface area contributed by atoms with Crippen LogP contribution in [0.5, 0.6) is 0 Å². The van der Waals surface area contributed by atoms with Crippen LogP contribution in [0.1, 0.15) is 15.9 Å². The number of likely N-dealkylation sites (N-methyl/N-ethyl adjacent to an activating group) is 1. The van der Waals surface area contributed by atoms with Gasteiger partial charge in [-0.15, -0.1) is 5.10 Å². The van der Waals surface area contributed by atoms with Gasteiger partial charge in [-0.05, 0) is 31.3 Å². The molecule has 2 aliphatic heterocycles. The summed E-state index contributed by atoms with van der Waals surface area (Å²) in [6, 6.07) is 9.04. The molecule has 1 fully saturated rings. The van der Waals surface area contributed by atoms with Gasteiger partial charge in [0.05, 0.1) is 16.6 Å². The Kier molecular flexibility index (Phi) is 5.53. The highest BCUT2D eigenvalue weighted by molar-refractivity contribution is 5.95. The summed E-state index contributed by atoms with van der Waals surface area (Å²) in [7, 11) is 3.57. The lowest BCUT2D eigenvalue weighted by molar-refractivity contribution is -0.631. The molecular weight excluding hydrogens is 502 g/mol. The minimum atomic E-state index is -3.79. The zero-order chi connectivity index (χ0) is 26.8. The normalized spacial score (nSPS) is 15.8. The third-order valence-electron chi connectivity index (χ3n) is 6.85. The molecule has 38 heavy (non-hydrogen) atoms. The Morgan fingerprint density at radius 1 is 0.974 bits per heavy atom. The highest BCUT2D eigenvalue weighted by Crippen LogP contribution is 2.36. The summed E-state index contributed by atoms with van der Waals surface area (Å²) in [5.41, 5.74) is -0.169. The zero-order valence-corrected chi connectivity index (χ0v) is 20.5. The number of nitrogens with zero attached hydrogens (tertiary/aromatic N) is 7. The first-order chi connectivity index (χ1) is 18.1. The topological polar surface area (TPSA) is 70.5 Å². The average Bonchev–Trinajstić information content (AvgIpc) is 3.23. The predicted octanol–water partition coefficient (Wildman–Crippen LogP) is 3.27. The van der Waals surface area contributed by atoms with Crippen molar-refractivity contribution in [2.45, 2.75) is 5.92 Å². The summed E-state index contributed by atoms with van der Waals surface area (Å²) in [6.45, 7) is 2.42. The maximum Gasteiger partial charge on any atom is 0.364 e. The number of carbonyl (C=O) groups excluding carboxylic acids is 1. The van der Waals surface area contributed by atoms with Crippen LogP contribution in [0.4, 0.5) is 23.4 Å². The maximum absolute atomic E-state index is 15.5. The van der Waals surface area contributed by atoms with Crippen molar-refractivity contribution in [2.75, 3.05) is 33.2 Å². The third kappa shape index (κ3) is 3.92. The number of alkyl halides is 2. The Hall–Kier alpha value is -4.19. The van der Waals surface area contributed by atoms with Crippen LogP contribution in [0, 0.1) is 11.6 Å². The van der Waals surface area contributed by atoms with Gasteiger partial charge >= 0.3 is 11.8 Å². The van der Waals surface area contributed by atoms with E-state index in [0.29, 0.717) is 37.1 Å². The van der Waals surface area contributed by atoms with Gasteiger partial charge in [-0.25, -0.2) is 8.78 Å². The van der Waals surface area contributed by atoms with Crippen molar-refractivity contribution in [3.63, 3.8) is 0 Å². The summed E-state index contributed by atoms with van der Waals surface area (Å²) in [4.78, 5) is 20.3. The van der Waals surface area contributed by atoms with Crippen molar-refractivity contribution in [3.05, 3.63) is 71.4 Å². The lowest BCUT2D eigenvalue weighted by Crippen LogP contribution is -2.60.